The molecule has 2 rings (SSSR count). The van der Waals surface area contributed by atoms with Crippen molar-refractivity contribution in [2.75, 3.05) is 17.3 Å². The molecule has 19 heavy (non-hydrogen) atoms. The quantitative estimate of drug-likeness (QED) is 0.422. The molecule has 0 aliphatic heterocycles. The second-order valence-electron chi connectivity index (χ2n) is 5.02. The molecule has 0 spiro atoms. The minimum atomic E-state index is 0.435. The summed E-state index contributed by atoms with van der Waals surface area (Å²) in [6.07, 6.45) is 2.33. The molecule has 1 aromatic carbocycles. The van der Waals surface area contributed by atoms with Gasteiger partial charge < -0.3 is 5.32 Å². The number of nitrogen functional groups attached to an aromatic ring is 1. The van der Waals surface area contributed by atoms with Gasteiger partial charge in [-0.3, -0.25) is 5.43 Å². The standard InChI is InChI=1S/C14H21N5/c1-10(2)6-5-9-16-13-11-7-3-4-8-12(11)17-14(18-13)19-15/h3-4,7-8,10H,5-6,9,15H2,1-2H3,(H2,16,17,18,19). The van der Waals surface area contributed by atoms with E-state index in [0.29, 0.717) is 5.95 Å². The fourth-order valence-electron chi connectivity index (χ4n) is 1.99. The van der Waals surface area contributed by atoms with Crippen LogP contribution in [0.4, 0.5) is 11.8 Å². The third-order valence-electron chi connectivity index (χ3n) is 2.98. The van der Waals surface area contributed by atoms with E-state index in [1.807, 2.05) is 24.3 Å². The van der Waals surface area contributed by atoms with Gasteiger partial charge in [-0.05, 0) is 30.9 Å². The van der Waals surface area contributed by atoms with E-state index < -0.39 is 0 Å². The number of hydrogen-bond donors (Lipinski definition) is 3. The number of hydrogen-bond acceptors (Lipinski definition) is 5. The Morgan fingerprint density at radius 1 is 1.21 bits per heavy atom. The predicted octanol–water partition coefficient (Wildman–Crippen LogP) is 2.76. The molecule has 1 heterocycles. The monoisotopic (exact) mass is 259 g/mol. The van der Waals surface area contributed by atoms with Crippen LogP contribution in [0.2, 0.25) is 0 Å². The van der Waals surface area contributed by atoms with E-state index in [1.54, 1.807) is 0 Å². The number of nitrogens with one attached hydrogen (secondary N) is 2. The number of hydrazine groups is 1. The Bertz CT molecular complexity index is 538. The van der Waals surface area contributed by atoms with Crippen LogP contribution in [0, 0.1) is 5.92 Å². The molecule has 0 radical (unpaired) electrons. The minimum absolute atomic E-state index is 0.435. The molecule has 0 bridgehead atoms. The van der Waals surface area contributed by atoms with Crippen LogP contribution in [0.1, 0.15) is 26.7 Å². The number of para-hydroxylation sites is 1. The van der Waals surface area contributed by atoms with Crippen molar-refractivity contribution in [3.8, 4) is 0 Å². The highest BCUT2D eigenvalue weighted by molar-refractivity contribution is 5.89. The molecule has 5 nitrogen and oxygen atoms in total. The van der Waals surface area contributed by atoms with Crippen molar-refractivity contribution < 1.29 is 0 Å². The first kappa shape index (κ1) is 13.5. The number of fused-ring (bicyclic) bond motifs is 1. The molecule has 0 aliphatic carbocycles. The molecule has 5 heteroatoms. The largest absolute Gasteiger partial charge is 0.369 e. The van der Waals surface area contributed by atoms with Gasteiger partial charge in [-0.25, -0.2) is 10.8 Å². The first-order valence-electron chi connectivity index (χ1n) is 6.68. The van der Waals surface area contributed by atoms with Crippen molar-refractivity contribution in [3.05, 3.63) is 24.3 Å². The van der Waals surface area contributed by atoms with E-state index in [9.17, 15) is 0 Å². The van der Waals surface area contributed by atoms with Crippen molar-refractivity contribution in [1.82, 2.24) is 9.97 Å². The highest BCUT2D eigenvalue weighted by Gasteiger charge is 2.06. The van der Waals surface area contributed by atoms with Gasteiger partial charge in [0.1, 0.15) is 5.82 Å². The number of nitrogens with zero attached hydrogens (tertiary/aromatic N) is 2. The van der Waals surface area contributed by atoms with Crippen LogP contribution in [0.15, 0.2) is 24.3 Å². The smallest absolute Gasteiger partial charge is 0.239 e. The molecule has 0 unspecified atom stereocenters. The topological polar surface area (TPSA) is 75.9 Å². The van der Waals surface area contributed by atoms with Crippen molar-refractivity contribution in [1.29, 1.82) is 0 Å². The summed E-state index contributed by atoms with van der Waals surface area (Å²) in [6.45, 7) is 5.37. The average molecular weight is 259 g/mol. The van der Waals surface area contributed by atoms with Gasteiger partial charge in [-0.2, -0.15) is 4.98 Å². The van der Waals surface area contributed by atoms with Gasteiger partial charge in [0.15, 0.2) is 0 Å². The van der Waals surface area contributed by atoms with Gasteiger partial charge in [0.05, 0.1) is 5.52 Å². The zero-order valence-corrected chi connectivity index (χ0v) is 11.5. The lowest BCUT2D eigenvalue weighted by atomic mass is 10.1. The van der Waals surface area contributed by atoms with Crippen molar-refractivity contribution in [2.45, 2.75) is 26.7 Å². The Labute approximate surface area is 113 Å². The molecular formula is C14H21N5. The molecule has 0 saturated heterocycles. The third kappa shape index (κ3) is 3.54. The summed E-state index contributed by atoms with van der Waals surface area (Å²) >= 11 is 0. The molecule has 0 fully saturated rings. The summed E-state index contributed by atoms with van der Waals surface area (Å²) in [5.41, 5.74) is 3.39. The number of nitrogens with two attached hydrogens (primary N) is 1. The van der Waals surface area contributed by atoms with Crippen LogP contribution < -0.4 is 16.6 Å². The normalized spacial score (nSPS) is 10.9. The first-order valence-corrected chi connectivity index (χ1v) is 6.68. The van der Waals surface area contributed by atoms with Gasteiger partial charge in [0, 0.05) is 11.9 Å². The van der Waals surface area contributed by atoms with Crippen molar-refractivity contribution in [3.63, 3.8) is 0 Å². The predicted molar refractivity (Wildman–Crippen MR) is 79.9 cm³/mol. The van der Waals surface area contributed by atoms with Gasteiger partial charge in [0.2, 0.25) is 5.95 Å². The molecule has 2 aromatic rings. The Balaban J connectivity index is 2.16. The lowest BCUT2D eigenvalue weighted by Gasteiger charge is -2.11. The number of rotatable bonds is 6. The fraction of sp³-hybridized carbons (Fsp3) is 0.429. The maximum atomic E-state index is 5.40. The van der Waals surface area contributed by atoms with Crippen molar-refractivity contribution >= 4 is 22.7 Å². The maximum Gasteiger partial charge on any atom is 0.239 e. The molecule has 4 N–H and O–H groups in total. The molecule has 102 valence electrons. The Morgan fingerprint density at radius 2 is 2.00 bits per heavy atom. The van der Waals surface area contributed by atoms with Crippen molar-refractivity contribution in [2.24, 2.45) is 11.8 Å². The number of anilines is 2. The van der Waals surface area contributed by atoms with Gasteiger partial charge in [-0.15, -0.1) is 0 Å². The lowest BCUT2D eigenvalue weighted by Crippen LogP contribution is -2.13. The fourth-order valence-corrected chi connectivity index (χ4v) is 1.99. The molecular weight excluding hydrogens is 238 g/mol. The van der Waals surface area contributed by atoms with E-state index >= 15 is 0 Å². The summed E-state index contributed by atoms with van der Waals surface area (Å²) in [4.78, 5) is 8.70. The minimum Gasteiger partial charge on any atom is -0.369 e. The Morgan fingerprint density at radius 3 is 2.74 bits per heavy atom. The number of benzene rings is 1. The van der Waals surface area contributed by atoms with Gasteiger partial charge >= 0.3 is 0 Å². The van der Waals surface area contributed by atoms with E-state index in [4.69, 9.17) is 5.84 Å². The SMILES string of the molecule is CC(C)CCCNc1nc(NN)nc2ccccc12. The lowest BCUT2D eigenvalue weighted by molar-refractivity contribution is 0.567. The molecule has 0 saturated carbocycles. The summed E-state index contributed by atoms with van der Waals surface area (Å²) in [5.74, 6) is 7.40. The summed E-state index contributed by atoms with van der Waals surface area (Å²) in [6, 6.07) is 7.91. The average Bonchev–Trinajstić information content (AvgIpc) is 2.42. The summed E-state index contributed by atoms with van der Waals surface area (Å²) in [5, 5.41) is 4.39. The van der Waals surface area contributed by atoms with Crippen LogP contribution >= 0.6 is 0 Å². The molecule has 1 aromatic heterocycles. The van der Waals surface area contributed by atoms with Crippen LogP contribution in [0.25, 0.3) is 10.9 Å². The first-order chi connectivity index (χ1) is 9.20. The molecule has 0 amide bonds. The third-order valence-corrected chi connectivity index (χ3v) is 2.98. The van der Waals surface area contributed by atoms with Crippen LogP contribution in [0.5, 0.6) is 0 Å². The summed E-state index contributed by atoms with van der Waals surface area (Å²) in [7, 11) is 0. The van der Waals surface area contributed by atoms with Gasteiger partial charge in [0.25, 0.3) is 0 Å². The second-order valence-corrected chi connectivity index (χ2v) is 5.02. The zero-order chi connectivity index (χ0) is 13.7. The van der Waals surface area contributed by atoms with E-state index in [-0.39, 0.29) is 0 Å². The van der Waals surface area contributed by atoms with Crippen LogP contribution in [0.3, 0.4) is 0 Å². The van der Waals surface area contributed by atoms with Crippen LogP contribution in [-0.2, 0) is 0 Å². The Hall–Kier alpha value is -1.88. The maximum absolute atomic E-state index is 5.40. The number of aromatic nitrogens is 2. The van der Waals surface area contributed by atoms with Gasteiger partial charge in [-0.1, -0.05) is 26.0 Å². The highest BCUT2D eigenvalue weighted by Crippen LogP contribution is 2.21. The van der Waals surface area contributed by atoms with Crippen LogP contribution in [-0.4, -0.2) is 16.5 Å². The summed E-state index contributed by atoms with van der Waals surface area (Å²) < 4.78 is 0. The second kappa shape index (κ2) is 6.33. The highest BCUT2D eigenvalue weighted by atomic mass is 15.3. The van der Waals surface area contributed by atoms with E-state index in [2.05, 4.69) is 34.6 Å². The van der Waals surface area contributed by atoms with E-state index in [0.717, 1.165) is 35.6 Å². The Kier molecular flexibility index (Phi) is 4.52. The molecule has 0 aliphatic rings. The zero-order valence-electron chi connectivity index (χ0n) is 11.5. The van der Waals surface area contributed by atoms with E-state index in [1.165, 1.54) is 6.42 Å². The molecule has 0 atom stereocenters.